The van der Waals surface area contributed by atoms with Crippen LogP contribution in [0.2, 0.25) is 0 Å². The number of Topliss-reactive ketones (excluding diaryl/α,β-unsaturated/α-hetero) is 1. The van der Waals surface area contributed by atoms with E-state index in [1.165, 1.54) is 26.4 Å². The first-order valence-corrected chi connectivity index (χ1v) is 9.16. The second kappa shape index (κ2) is 6.38. The van der Waals surface area contributed by atoms with Crippen LogP contribution in [0, 0.1) is 17.3 Å². The molecule has 4 nitrogen and oxygen atoms in total. The van der Waals surface area contributed by atoms with Crippen LogP contribution in [-0.4, -0.2) is 18.9 Å². The maximum absolute atomic E-state index is 13.0. The molecule has 1 aliphatic heterocycles. The average Bonchev–Trinajstić information content (AvgIpc) is 2.52. The molecular weight excluding hydrogens is 302 g/mol. The summed E-state index contributed by atoms with van der Waals surface area (Å²) in [5.74, 6) is 0.204. The second-order valence-corrected chi connectivity index (χ2v) is 8.36. The summed E-state index contributed by atoms with van der Waals surface area (Å²) < 4.78 is 5.07. The number of hydrogen-bond acceptors (Lipinski definition) is 4. The minimum atomic E-state index is -0.292. The first-order chi connectivity index (χ1) is 11.3. The first kappa shape index (κ1) is 17.2. The van der Waals surface area contributed by atoms with Gasteiger partial charge in [0.15, 0.2) is 5.78 Å². The van der Waals surface area contributed by atoms with Crippen molar-refractivity contribution in [3.05, 3.63) is 22.5 Å². The first-order valence-electron chi connectivity index (χ1n) is 9.16. The summed E-state index contributed by atoms with van der Waals surface area (Å²) in [7, 11) is 1.43. The average molecular weight is 331 g/mol. The summed E-state index contributed by atoms with van der Waals surface area (Å²) in [5, 5.41) is 3.38. The third-order valence-electron chi connectivity index (χ3n) is 5.81. The van der Waals surface area contributed by atoms with Crippen molar-refractivity contribution >= 4 is 11.8 Å². The topological polar surface area (TPSA) is 55.4 Å². The molecule has 1 saturated carbocycles. The summed E-state index contributed by atoms with van der Waals surface area (Å²) >= 11 is 0. The van der Waals surface area contributed by atoms with E-state index in [-0.39, 0.29) is 23.1 Å². The fourth-order valence-electron chi connectivity index (χ4n) is 4.81. The quantitative estimate of drug-likeness (QED) is 0.780. The Kier molecular flexibility index (Phi) is 4.58. The molecule has 1 fully saturated rings. The molecule has 0 aromatic rings. The second-order valence-electron chi connectivity index (χ2n) is 8.36. The van der Waals surface area contributed by atoms with Crippen molar-refractivity contribution in [2.45, 2.75) is 65.7 Å². The molecule has 3 rings (SSSR count). The summed E-state index contributed by atoms with van der Waals surface area (Å²) in [6.07, 6.45) is 7.23. The molecule has 24 heavy (non-hydrogen) atoms. The molecule has 0 amide bonds. The molecule has 0 aromatic carbocycles. The Bertz CT molecular complexity index is 621. The summed E-state index contributed by atoms with van der Waals surface area (Å²) in [6, 6.07) is 0. The van der Waals surface area contributed by atoms with Gasteiger partial charge in [-0.15, -0.1) is 0 Å². The lowest BCUT2D eigenvalue weighted by atomic mass is 9.65. The van der Waals surface area contributed by atoms with Gasteiger partial charge in [0.1, 0.15) is 0 Å². The highest BCUT2D eigenvalue weighted by atomic mass is 16.5. The van der Waals surface area contributed by atoms with Crippen LogP contribution in [0.3, 0.4) is 0 Å². The molecule has 0 bridgehead atoms. The zero-order valence-electron chi connectivity index (χ0n) is 15.3. The molecule has 1 atom stereocenters. The maximum Gasteiger partial charge on any atom is 0.336 e. The highest BCUT2D eigenvalue weighted by Gasteiger charge is 2.45. The molecule has 0 unspecified atom stereocenters. The minimum Gasteiger partial charge on any atom is -0.466 e. The van der Waals surface area contributed by atoms with Gasteiger partial charge in [-0.3, -0.25) is 4.79 Å². The Morgan fingerprint density at radius 2 is 1.83 bits per heavy atom. The van der Waals surface area contributed by atoms with E-state index in [2.05, 4.69) is 19.2 Å². The lowest BCUT2D eigenvalue weighted by Gasteiger charge is -2.42. The predicted octanol–water partition coefficient (Wildman–Crippen LogP) is 3.88. The van der Waals surface area contributed by atoms with Crippen molar-refractivity contribution in [2.75, 3.05) is 7.11 Å². The van der Waals surface area contributed by atoms with Gasteiger partial charge in [0.2, 0.25) is 0 Å². The lowest BCUT2D eigenvalue weighted by Crippen LogP contribution is -2.42. The van der Waals surface area contributed by atoms with E-state index in [1.807, 2.05) is 6.92 Å². The van der Waals surface area contributed by atoms with Crippen molar-refractivity contribution in [1.82, 2.24) is 5.32 Å². The van der Waals surface area contributed by atoms with Crippen LogP contribution in [0.15, 0.2) is 22.5 Å². The van der Waals surface area contributed by atoms with Crippen LogP contribution >= 0.6 is 0 Å². The van der Waals surface area contributed by atoms with Gasteiger partial charge < -0.3 is 10.1 Å². The number of rotatable bonds is 2. The number of ketones is 1. The van der Waals surface area contributed by atoms with Crippen molar-refractivity contribution in [1.29, 1.82) is 0 Å². The number of nitrogens with one attached hydrogen (secondary N) is 1. The van der Waals surface area contributed by atoms with Gasteiger partial charge in [0.05, 0.1) is 12.7 Å². The van der Waals surface area contributed by atoms with E-state index in [0.29, 0.717) is 17.9 Å². The van der Waals surface area contributed by atoms with E-state index in [9.17, 15) is 9.59 Å². The van der Waals surface area contributed by atoms with Gasteiger partial charge in [-0.2, -0.15) is 0 Å². The molecule has 3 aliphatic rings. The Labute approximate surface area is 144 Å². The predicted molar refractivity (Wildman–Crippen MR) is 93.0 cm³/mol. The van der Waals surface area contributed by atoms with Gasteiger partial charge in [-0.1, -0.05) is 33.1 Å². The highest BCUT2D eigenvalue weighted by molar-refractivity contribution is 6.02. The van der Waals surface area contributed by atoms with Gasteiger partial charge >= 0.3 is 5.97 Å². The molecule has 0 aromatic heterocycles. The molecule has 0 radical (unpaired) electrons. The van der Waals surface area contributed by atoms with Crippen LogP contribution < -0.4 is 5.32 Å². The number of dihydropyridines is 1. The van der Waals surface area contributed by atoms with Crippen LogP contribution in [0.4, 0.5) is 0 Å². The van der Waals surface area contributed by atoms with Crippen molar-refractivity contribution < 1.29 is 14.3 Å². The Morgan fingerprint density at radius 3 is 2.46 bits per heavy atom. The lowest BCUT2D eigenvalue weighted by molar-refractivity contribution is -0.137. The smallest absolute Gasteiger partial charge is 0.336 e. The van der Waals surface area contributed by atoms with Crippen molar-refractivity contribution in [2.24, 2.45) is 17.3 Å². The summed E-state index contributed by atoms with van der Waals surface area (Å²) in [6.45, 7) is 6.22. The van der Waals surface area contributed by atoms with E-state index < -0.39 is 0 Å². The molecule has 1 N–H and O–H groups in total. The minimum absolute atomic E-state index is 0.0247. The van der Waals surface area contributed by atoms with Crippen molar-refractivity contribution in [3.63, 3.8) is 0 Å². The van der Waals surface area contributed by atoms with Gasteiger partial charge in [0, 0.05) is 29.3 Å². The monoisotopic (exact) mass is 331 g/mol. The van der Waals surface area contributed by atoms with Crippen LogP contribution in [0.25, 0.3) is 0 Å². The molecule has 4 heteroatoms. The van der Waals surface area contributed by atoms with Crippen LogP contribution in [0.5, 0.6) is 0 Å². The zero-order valence-corrected chi connectivity index (χ0v) is 15.3. The number of allylic oxidation sites excluding steroid dienone is 3. The zero-order chi connectivity index (χ0) is 17.5. The standard InChI is InChI=1S/C20H29NO3/c1-12-16(19(23)24-4)17(13-8-6-5-7-9-13)18-14(21-12)10-20(2,3)11-15(18)22/h13,17,21H,5-11H2,1-4H3/t17-/m1/s1. The fourth-order valence-corrected chi connectivity index (χ4v) is 4.81. The van der Waals surface area contributed by atoms with Gasteiger partial charge in [-0.05, 0) is 37.5 Å². The highest BCUT2D eigenvalue weighted by Crippen LogP contribution is 2.48. The maximum atomic E-state index is 13.0. The van der Waals surface area contributed by atoms with E-state index in [4.69, 9.17) is 4.74 Å². The molecule has 132 valence electrons. The third-order valence-corrected chi connectivity index (χ3v) is 5.81. The number of esters is 1. The third kappa shape index (κ3) is 3.03. The molecular formula is C20H29NO3. The van der Waals surface area contributed by atoms with Gasteiger partial charge in [0.25, 0.3) is 0 Å². The molecule has 0 saturated heterocycles. The number of methoxy groups -OCH3 is 1. The largest absolute Gasteiger partial charge is 0.466 e. The number of carbonyl (C=O) groups is 2. The van der Waals surface area contributed by atoms with Crippen LogP contribution in [0.1, 0.15) is 65.7 Å². The van der Waals surface area contributed by atoms with Crippen molar-refractivity contribution in [3.8, 4) is 0 Å². The van der Waals surface area contributed by atoms with Crippen LogP contribution in [-0.2, 0) is 14.3 Å². The van der Waals surface area contributed by atoms with Gasteiger partial charge in [-0.25, -0.2) is 4.79 Å². The summed E-state index contributed by atoms with van der Waals surface area (Å²) in [4.78, 5) is 25.5. The Balaban J connectivity index is 2.07. The molecule has 0 spiro atoms. The van der Waals surface area contributed by atoms with E-state index in [1.54, 1.807) is 0 Å². The Morgan fingerprint density at radius 1 is 1.17 bits per heavy atom. The molecule has 2 aliphatic carbocycles. The normalized spacial score (nSPS) is 27.7. The van der Waals surface area contributed by atoms with E-state index >= 15 is 0 Å². The summed E-state index contributed by atoms with van der Waals surface area (Å²) in [5.41, 5.74) is 3.42. The van der Waals surface area contributed by atoms with E-state index in [0.717, 1.165) is 36.2 Å². The number of ether oxygens (including phenoxy) is 1. The fraction of sp³-hybridized carbons (Fsp3) is 0.700. The number of hydrogen-bond donors (Lipinski definition) is 1. The Hall–Kier alpha value is -1.58. The number of carbonyl (C=O) groups excluding carboxylic acids is 2. The molecule has 1 heterocycles. The SMILES string of the molecule is COC(=O)C1=C(C)NC2=C(C(=O)CC(C)(C)C2)[C@@H]1C1CCCCC1.